The molecule has 0 radical (unpaired) electrons. The summed E-state index contributed by atoms with van der Waals surface area (Å²) in [6.45, 7) is 0. The third-order valence-electron chi connectivity index (χ3n) is 6.00. The largest absolute Gasteiger partial charge is 0.497 e. The van der Waals surface area contributed by atoms with Crippen LogP contribution in [0.3, 0.4) is 0 Å². The topological polar surface area (TPSA) is 55.6 Å². The predicted molar refractivity (Wildman–Crippen MR) is 141 cm³/mol. The van der Waals surface area contributed by atoms with Gasteiger partial charge < -0.3 is 14.5 Å². The Morgan fingerprint density at radius 2 is 1.69 bits per heavy atom. The summed E-state index contributed by atoms with van der Waals surface area (Å²) in [7, 11) is 1.62. The van der Waals surface area contributed by atoms with E-state index < -0.39 is 5.82 Å². The first kappa shape index (κ1) is 23.6. The quantitative estimate of drug-likeness (QED) is 0.261. The summed E-state index contributed by atoms with van der Waals surface area (Å²) < 4.78 is 21.3. The van der Waals surface area contributed by atoms with Crippen LogP contribution in [-0.2, 0) is 11.2 Å². The molecule has 0 bridgehead atoms. The average molecular weight is 500 g/mol. The molecule has 0 saturated carbocycles. The van der Waals surface area contributed by atoms with Crippen molar-refractivity contribution < 1.29 is 13.9 Å². The molecule has 0 saturated heterocycles. The number of fused-ring (bicyclic) bond motifs is 1. The molecule has 0 spiro atoms. The molecule has 0 aliphatic carbocycles. The fraction of sp³-hybridized carbons (Fsp3) is 0.103. The van der Waals surface area contributed by atoms with Crippen molar-refractivity contribution in [1.82, 2.24) is 9.38 Å². The lowest BCUT2D eigenvalue weighted by molar-refractivity contribution is -0.116. The van der Waals surface area contributed by atoms with Gasteiger partial charge in [-0.15, -0.1) is 0 Å². The average Bonchev–Trinajstić information content (AvgIpc) is 3.27. The molecule has 0 atom stereocenters. The van der Waals surface area contributed by atoms with Gasteiger partial charge >= 0.3 is 0 Å². The molecule has 7 heteroatoms. The fourth-order valence-corrected chi connectivity index (χ4v) is 4.42. The Morgan fingerprint density at radius 3 is 2.44 bits per heavy atom. The van der Waals surface area contributed by atoms with Crippen LogP contribution in [0.5, 0.6) is 5.75 Å². The molecule has 0 aliphatic heterocycles. The molecular weight excluding hydrogens is 477 g/mol. The number of halogens is 2. The van der Waals surface area contributed by atoms with Crippen LogP contribution in [0, 0.1) is 5.82 Å². The summed E-state index contributed by atoms with van der Waals surface area (Å²) in [4.78, 5) is 17.6. The number of anilines is 1. The van der Waals surface area contributed by atoms with Gasteiger partial charge in [0, 0.05) is 28.8 Å². The number of methoxy groups -OCH3 is 1. The van der Waals surface area contributed by atoms with Crippen molar-refractivity contribution in [2.75, 3.05) is 12.4 Å². The highest BCUT2D eigenvalue weighted by atomic mass is 35.5. The number of aryl methyl sites for hydroxylation is 1. The van der Waals surface area contributed by atoms with E-state index in [2.05, 4.69) is 5.32 Å². The van der Waals surface area contributed by atoms with Gasteiger partial charge in [-0.3, -0.25) is 4.79 Å². The Balaban J connectivity index is 1.53. The van der Waals surface area contributed by atoms with Crippen molar-refractivity contribution in [3.05, 3.63) is 108 Å². The first-order valence-electron chi connectivity index (χ1n) is 11.5. The van der Waals surface area contributed by atoms with Crippen molar-refractivity contribution in [3.63, 3.8) is 0 Å². The van der Waals surface area contributed by atoms with Gasteiger partial charge in [-0.25, -0.2) is 9.37 Å². The number of pyridine rings is 1. The third-order valence-corrected chi connectivity index (χ3v) is 6.33. The highest BCUT2D eigenvalue weighted by Gasteiger charge is 2.17. The van der Waals surface area contributed by atoms with Gasteiger partial charge in [-0.05, 0) is 66.6 Å². The van der Waals surface area contributed by atoms with E-state index in [1.807, 2.05) is 71.3 Å². The van der Waals surface area contributed by atoms with Crippen LogP contribution in [0.2, 0.25) is 5.02 Å². The highest BCUT2D eigenvalue weighted by molar-refractivity contribution is 6.33. The van der Waals surface area contributed by atoms with E-state index in [1.165, 1.54) is 6.07 Å². The number of imidazole rings is 1. The molecule has 3 aromatic carbocycles. The number of carbonyl (C=O) groups excluding carboxylic acids is 1. The first-order valence-corrected chi connectivity index (χ1v) is 11.9. The molecular formula is C29H23ClFN3O2. The molecule has 5 rings (SSSR count). The van der Waals surface area contributed by atoms with Crippen LogP contribution < -0.4 is 10.1 Å². The van der Waals surface area contributed by atoms with Crippen molar-refractivity contribution in [1.29, 1.82) is 0 Å². The van der Waals surface area contributed by atoms with Crippen molar-refractivity contribution in [2.45, 2.75) is 12.8 Å². The van der Waals surface area contributed by atoms with E-state index in [0.29, 0.717) is 11.4 Å². The Labute approximate surface area is 213 Å². The maximum absolute atomic E-state index is 14.0. The number of amides is 1. The maximum atomic E-state index is 14.0. The maximum Gasteiger partial charge on any atom is 0.224 e. The zero-order valence-corrected chi connectivity index (χ0v) is 20.3. The zero-order valence-electron chi connectivity index (χ0n) is 19.5. The zero-order chi connectivity index (χ0) is 25.1. The Kier molecular flexibility index (Phi) is 6.69. The van der Waals surface area contributed by atoms with E-state index in [-0.39, 0.29) is 18.0 Å². The molecule has 2 aromatic heterocycles. The van der Waals surface area contributed by atoms with Crippen molar-refractivity contribution in [3.8, 4) is 28.1 Å². The number of hydrogen-bond donors (Lipinski definition) is 1. The second-order valence-electron chi connectivity index (χ2n) is 8.29. The van der Waals surface area contributed by atoms with Gasteiger partial charge in [0.25, 0.3) is 0 Å². The molecule has 1 N–H and O–H groups in total. The standard InChI is InChI=1S/C29H23ClFN3O2/c1-36-21-13-10-19(11-14-21)29-26(15-17-28(35)32-25-9-5-4-8-24(25)31)34-18-20(12-16-27(34)33-29)22-6-2-3-7-23(22)30/h2-14,16,18H,15,17H2,1H3,(H,32,35). The van der Waals surface area contributed by atoms with Crippen LogP contribution in [0.15, 0.2) is 91.1 Å². The molecule has 5 aromatic rings. The van der Waals surface area contributed by atoms with Gasteiger partial charge in [-0.1, -0.05) is 41.9 Å². The number of benzene rings is 3. The number of para-hydroxylation sites is 1. The van der Waals surface area contributed by atoms with Gasteiger partial charge in [0.1, 0.15) is 17.2 Å². The Morgan fingerprint density at radius 1 is 0.972 bits per heavy atom. The Bertz CT molecular complexity index is 1550. The van der Waals surface area contributed by atoms with E-state index in [1.54, 1.807) is 25.3 Å². The number of rotatable bonds is 7. The minimum Gasteiger partial charge on any atom is -0.497 e. The SMILES string of the molecule is COc1ccc(-c2nc3ccc(-c4ccccc4Cl)cn3c2CCC(=O)Nc2ccccc2F)cc1. The van der Waals surface area contributed by atoms with Crippen LogP contribution >= 0.6 is 11.6 Å². The molecule has 2 heterocycles. The summed E-state index contributed by atoms with van der Waals surface area (Å²) >= 11 is 6.45. The molecule has 5 nitrogen and oxygen atoms in total. The van der Waals surface area contributed by atoms with E-state index >= 15 is 0 Å². The molecule has 180 valence electrons. The van der Waals surface area contributed by atoms with Gasteiger partial charge in [0.05, 0.1) is 24.2 Å². The summed E-state index contributed by atoms with van der Waals surface area (Å²) in [6, 6.07) is 25.3. The fourth-order valence-electron chi connectivity index (χ4n) is 4.17. The molecule has 1 amide bonds. The summed E-state index contributed by atoms with van der Waals surface area (Å²) in [5.74, 6) is -0.00344. The molecule has 0 fully saturated rings. The van der Waals surface area contributed by atoms with Crippen LogP contribution in [-0.4, -0.2) is 22.4 Å². The number of ether oxygens (including phenoxy) is 1. The lowest BCUT2D eigenvalue weighted by Crippen LogP contribution is -2.14. The van der Waals surface area contributed by atoms with E-state index in [9.17, 15) is 9.18 Å². The summed E-state index contributed by atoms with van der Waals surface area (Å²) in [5, 5.41) is 3.31. The second kappa shape index (κ2) is 10.2. The van der Waals surface area contributed by atoms with Crippen LogP contribution in [0.25, 0.3) is 28.0 Å². The molecule has 0 unspecified atom stereocenters. The summed E-state index contributed by atoms with van der Waals surface area (Å²) in [5.41, 5.74) is 5.30. The first-order chi connectivity index (χ1) is 17.5. The van der Waals surface area contributed by atoms with Gasteiger partial charge in [0.2, 0.25) is 5.91 Å². The number of nitrogens with zero attached hydrogens (tertiary/aromatic N) is 2. The van der Waals surface area contributed by atoms with Crippen LogP contribution in [0.4, 0.5) is 10.1 Å². The Hall–Kier alpha value is -4.16. The number of nitrogens with one attached hydrogen (secondary N) is 1. The number of aromatic nitrogens is 2. The second-order valence-corrected chi connectivity index (χ2v) is 8.70. The van der Waals surface area contributed by atoms with Crippen LogP contribution in [0.1, 0.15) is 12.1 Å². The monoisotopic (exact) mass is 499 g/mol. The molecule has 0 aliphatic rings. The summed E-state index contributed by atoms with van der Waals surface area (Å²) in [6.07, 6.45) is 2.54. The normalized spacial score (nSPS) is 11.0. The van der Waals surface area contributed by atoms with Crippen molar-refractivity contribution >= 4 is 28.8 Å². The van der Waals surface area contributed by atoms with Gasteiger partial charge in [0.15, 0.2) is 0 Å². The van der Waals surface area contributed by atoms with E-state index in [0.717, 1.165) is 39.5 Å². The minimum absolute atomic E-state index is 0.154. The van der Waals surface area contributed by atoms with Crippen molar-refractivity contribution in [2.24, 2.45) is 0 Å². The van der Waals surface area contributed by atoms with E-state index in [4.69, 9.17) is 21.3 Å². The number of hydrogen-bond acceptors (Lipinski definition) is 3. The number of carbonyl (C=O) groups is 1. The lowest BCUT2D eigenvalue weighted by atomic mass is 10.1. The molecule has 36 heavy (non-hydrogen) atoms. The smallest absolute Gasteiger partial charge is 0.224 e. The highest BCUT2D eigenvalue weighted by Crippen LogP contribution is 2.31. The predicted octanol–water partition coefficient (Wildman–Crippen LogP) is 7.04. The minimum atomic E-state index is -0.469. The third kappa shape index (κ3) is 4.81. The van der Waals surface area contributed by atoms with Gasteiger partial charge in [-0.2, -0.15) is 0 Å². The lowest BCUT2D eigenvalue weighted by Gasteiger charge is -2.10.